The lowest BCUT2D eigenvalue weighted by molar-refractivity contribution is 0.362. The molecule has 1 N–H and O–H groups in total. The topological polar surface area (TPSA) is 49.4 Å². The molecule has 0 spiro atoms. The first-order chi connectivity index (χ1) is 10.1. The highest BCUT2D eigenvalue weighted by atomic mass is 32.2. The summed E-state index contributed by atoms with van der Waals surface area (Å²) in [4.78, 5) is -0.206. The van der Waals surface area contributed by atoms with Crippen LogP contribution in [-0.2, 0) is 16.6 Å². The Kier molecular flexibility index (Phi) is 5.72. The second-order valence-electron chi connectivity index (χ2n) is 5.47. The van der Waals surface area contributed by atoms with Crippen molar-refractivity contribution in [3.63, 3.8) is 0 Å². The fourth-order valence-corrected chi connectivity index (χ4v) is 4.23. The van der Waals surface area contributed by atoms with Crippen LogP contribution >= 0.6 is 0 Å². The second-order valence-corrected chi connectivity index (χ2v) is 7.37. The fraction of sp³-hybridized carbons (Fsp3) is 0.600. The standard InChI is InChI=1S/C15H23FN2O2S/c1-17-12-13-7-8-15(14(16)11-13)21(19,20)18-9-5-3-2-4-6-10-18/h7-8,11,17H,2-6,9-10,12H2,1H3. The summed E-state index contributed by atoms with van der Waals surface area (Å²) < 4.78 is 40.8. The molecule has 0 radical (unpaired) electrons. The van der Waals surface area contributed by atoms with E-state index < -0.39 is 15.8 Å². The van der Waals surface area contributed by atoms with Crippen LogP contribution in [0.5, 0.6) is 0 Å². The van der Waals surface area contributed by atoms with E-state index in [4.69, 9.17) is 0 Å². The molecule has 21 heavy (non-hydrogen) atoms. The molecule has 1 aliphatic rings. The highest BCUT2D eigenvalue weighted by Gasteiger charge is 2.27. The van der Waals surface area contributed by atoms with E-state index in [1.807, 2.05) is 0 Å². The predicted molar refractivity (Wildman–Crippen MR) is 81.0 cm³/mol. The normalized spacial score (nSPS) is 18.2. The second kappa shape index (κ2) is 7.33. The van der Waals surface area contributed by atoms with Gasteiger partial charge in [-0.2, -0.15) is 4.31 Å². The molecule has 0 aromatic heterocycles. The Labute approximate surface area is 126 Å². The van der Waals surface area contributed by atoms with E-state index in [1.54, 1.807) is 13.1 Å². The van der Waals surface area contributed by atoms with E-state index in [9.17, 15) is 12.8 Å². The number of rotatable bonds is 4. The van der Waals surface area contributed by atoms with E-state index in [0.29, 0.717) is 19.6 Å². The van der Waals surface area contributed by atoms with Crippen LogP contribution in [0.3, 0.4) is 0 Å². The molecule has 0 aliphatic carbocycles. The van der Waals surface area contributed by atoms with Crippen molar-refractivity contribution < 1.29 is 12.8 Å². The molecule has 0 unspecified atom stereocenters. The van der Waals surface area contributed by atoms with Gasteiger partial charge in [-0.3, -0.25) is 0 Å². The molecular formula is C15H23FN2O2S. The molecule has 0 amide bonds. The third kappa shape index (κ3) is 4.02. The minimum atomic E-state index is -3.73. The van der Waals surface area contributed by atoms with Gasteiger partial charge in [0.2, 0.25) is 10.0 Å². The largest absolute Gasteiger partial charge is 0.316 e. The van der Waals surface area contributed by atoms with Gasteiger partial charge in [-0.15, -0.1) is 0 Å². The zero-order chi connectivity index (χ0) is 15.3. The molecule has 1 heterocycles. The first-order valence-corrected chi connectivity index (χ1v) is 8.93. The Hall–Kier alpha value is -0.980. The van der Waals surface area contributed by atoms with Gasteiger partial charge in [0.15, 0.2) is 0 Å². The Morgan fingerprint density at radius 3 is 2.33 bits per heavy atom. The maximum atomic E-state index is 14.2. The molecule has 1 aromatic carbocycles. The Bertz CT molecular complexity index is 567. The number of nitrogens with zero attached hydrogens (tertiary/aromatic N) is 1. The molecule has 1 saturated heterocycles. The van der Waals surface area contributed by atoms with Gasteiger partial charge in [0, 0.05) is 19.6 Å². The number of benzene rings is 1. The molecule has 118 valence electrons. The van der Waals surface area contributed by atoms with Crippen molar-refractivity contribution in [1.29, 1.82) is 0 Å². The summed E-state index contributed by atoms with van der Waals surface area (Å²) in [5.74, 6) is -0.662. The monoisotopic (exact) mass is 314 g/mol. The van der Waals surface area contributed by atoms with Gasteiger partial charge in [0.1, 0.15) is 10.7 Å². The summed E-state index contributed by atoms with van der Waals surface area (Å²) >= 11 is 0. The lowest BCUT2D eigenvalue weighted by Crippen LogP contribution is -2.34. The average molecular weight is 314 g/mol. The van der Waals surface area contributed by atoms with E-state index in [0.717, 1.165) is 37.7 Å². The zero-order valence-corrected chi connectivity index (χ0v) is 13.3. The Balaban J connectivity index is 2.25. The summed E-state index contributed by atoms with van der Waals surface area (Å²) in [5, 5.41) is 2.92. The Morgan fingerprint density at radius 1 is 1.14 bits per heavy atom. The van der Waals surface area contributed by atoms with Crippen molar-refractivity contribution >= 4 is 10.0 Å². The molecule has 0 atom stereocenters. The first kappa shape index (κ1) is 16.4. The number of nitrogens with one attached hydrogen (secondary N) is 1. The highest BCUT2D eigenvalue weighted by molar-refractivity contribution is 7.89. The van der Waals surface area contributed by atoms with Crippen molar-refractivity contribution in [3.8, 4) is 0 Å². The van der Waals surface area contributed by atoms with Gasteiger partial charge >= 0.3 is 0 Å². The molecule has 1 fully saturated rings. The third-order valence-electron chi connectivity index (χ3n) is 3.81. The van der Waals surface area contributed by atoms with Gasteiger partial charge in [-0.05, 0) is 37.6 Å². The quantitative estimate of drug-likeness (QED) is 0.929. The predicted octanol–water partition coefficient (Wildman–Crippen LogP) is 2.50. The molecule has 4 nitrogen and oxygen atoms in total. The van der Waals surface area contributed by atoms with Crippen molar-refractivity contribution in [2.24, 2.45) is 0 Å². The number of hydrogen-bond acceptors (Lipinski definition) is 3. The molecular weight excluding hydrogens is 291 g/mol. The van der Waals surface area contributed by atoms with Gasteiger partial charge in [0.05, 0.1) is 0 Å². The summed E-state index contributed by atoms with van der Waals surface area (Å²) in [6.07, 6.45) is 4.92. The molecule has 0 bridgehead atoms. The van der Waals surface area contributed by atoms with Crippen LogP contribution in [-0.4, -0.2) is 32.9 Å². The number of sulfonamides is 1. The SMILES string of the molecule is CNCc1ccc(S(=O)(=O)N2CCCCCCC2)c(F)c1. The summed E-state index contributed by atoms with van der Waals surface area (Å²) in [6, 6.07) is 4.35. The highest BCUT2D eigenvalue weighted by Crippen LogP contribution is 2.23. The van der Waals surface area contributed by atoms with E-state index in [2.05, 4.69) is 5.32 Å². The Morgan fingerprint density at radius 2 is 1.76 bits per heavy atom. The molecule has 1 aliphatic heterocycles. The lowest BCUT2D eigenvalue weighted by atomic mass is 10.1. The minimum Gasteiger partial charge on any atom is -0.316 e. The van der Waals surface area contributed by atoms with Gasteiger partial charge in [-0.1, -0.05) is 25.3 Å². The van der Waals surface area contributed by atoms with E-state index in [-0.39, 0.29) is 4.90 Å². The maximum absolute atomic E-state index is 14.2. The van der Waals surface area contributed by atoms with Gasteiger partial charge in [0.25, 0.3) is 0 Å². The van der Waals surface area contributed by atoms with Crippen molar-refractivity contribution in [1.82, 2.24) is 9.62 Å². The molecule has 6 heteroatoms. The zero-order valence-electron chi connectivity index (χ0n) is 12.4. The summed E-state index contributed by atoms with van der Waals surface area (Å²) in [7, 11) is -1.96. The smallest absolute Gasteiger partial charge is 0.245 e. The average Bonchev–Trinajstić information content (AvgIpc) is 2.37. The number of hydrogen-bond donors (Lipinski definition) is 1. The lowest BCUT2D eigenvalue weighted by Gasteiger charge is -2.24. The fourth-order valence-electron chi connectivity index (χ4n) is 2.67. The summed E-state index contributed by atoms with van der Waals surface area (Å²) in [6.45, 7) is 1.49. The maximum Gasteiger partial charge on any atom is 0.245 e. The van der Waals surface area contributed by atoms with Crippen LogP contribution in [0.25, 0.3) is 0 Å². The number of halogens is 1. The third-order valence-corrected chi connectivity index (χ3v) is 5.74. The van der Waals surface area contributed by atoms with Crippen LogP contribution in [0.2, 0.25) is 0 Å². The van der Waals surface area contributed by atoms with Crippen LogP contribution in [0, 0.1) is 5.82 Å². The van der Waals surface area contributed by atoms with E-state index in [1.165, 1.54) is 16.4 Å². The van der Waals surface area contributed by atoms with Crippen LogP contribution < -0.4 is 5.32 Å². The van der Waals surface area contributed by atoms with Crippen molar-refractivity contribution in [2.45, 2.75) is 43.5 Å². The van der Waals surface area contributed by atoms with Crippen LogP contribution in [0.4, 0.5) is 4.39 Å². The van der Waals surface area contributed by atoms with Crippen LogP contribution in [0.15, 0.2) is 23.1 Å². The van der Waals surface area contributed by atoms with Crippen molar-refractivity contribution in [3.05, 3.63) is 29.6 Å². The molecule has 2 rings (SSSR count). The summed E-state index contributed by atoms with van der Waals surface area (Å²) in [5.41, 5.74) is 0.738. The van der Waals surface area contributed by atoms with Crippen molar-refractivity contribution in [2.75, 3.05) is 20.1 Å². The van der Waals surface area contributed by atoms with Gasteiger partial charge < -0.3 is 5.32 Å². The van der Waals surface area contributed by atoms with E-state index >= 15 is 0 Å². The molecule has 1 aromatic rings. The first-order valence-electron chi connectivity index (χ1n) is 7.49. The van der Waals surface area contributed by atoms with Crippen LogP contribution in [0.1, 0.15) is 37.7 Å². The van der Waals surface area contributed by atoms with Gasteiger partial charge in [-0.25, -0.2) is 12.8 Å². The molecule has 0 saturated carbocycles. The minimum absolute atomic E-state index is 0.206.